The second-order valence-electron chi connectivity index (χ2n) is 3.72. The van der Waals surface area contributed by atoms with Crippen molar-refractivity contribution in [1.82, 2.24) is 10.2 Å². The molecule has 0 atom stereocenters. The van der Waals surface area contributed by atoms with Crippen LogP contribution in [0.25, 0.3) is 0 Å². The van der Waals surface area contributed by atoms with Gasteiger partial charge in [-0.05, 0) is 19.1 Å². The van der Waals surface area contributed by atoms with Gasteiger partial charge in [-0.1, -0.05) is 11.8 Å². The van der Waals surface area contributed by atoms with Gasteiger partial charge in [0, 0.05) is 5.56 Å². The van der Waals surface area contributed by atoms with Gasteiger partial charge in [0.05, 0.1) is 11.9 Å². The Morgan fingerprint density at radius 3 is 3.00 bits per heavy atom. The number of alkyl halides is 2. The molecule has 8 heteroatoms. The van der Waals surface area contributed by atoms with Crippen molar-refractivity contribution in [3.8, 4) is 0 Å². The summed E-state index contributed by atoms with van der Waals surface area (Å²) in [5.74, 6) is -2.02. The maximum absolute atomic E-state index is 12.0. The lowest BCUT2D eigenvalue weighted by Crippen LogP contribution is -2.11. The molecule has 2 aromatic rings. The summed E-state index contributed by atoms with van der Waals surface area (Å²) >= 11 is 0.442. The number of hydrogen-bond donors (Lipinski definition) is 2. The zero-order valence-electron chi connectivity index (χ0n) is 9.94. The van der Waals surface area contributed by atoms with Crippen molar-refractivity contribution in [2.75, 3.05) is 5.32 Å². The molecule has 2 rings (SSSR count). The standard InChI is InChI=1S/C11H11F2N3O2S/c1-6-4-14-16-9(6)15-10(17)8-3-2-7(18-8)5-19-11(12)13/h2-4,11H,5H2,1H3,(H2,14,15,16,17). The van der Waals surface area contributed by atoms with E-state index in [4.69, 9.17) is 4.42 Å². The molecule has 2 aromatic heterocycles. The summed E-state index contributed by atoms with van der Waals surface area (Å²) in [6.45, 7) is 1.78. The van der Waals surface area contributed by atoms with Crippen molar-refractivity contribution in [1.29, 1.82) is 0 Å². The summed E-state index contributed by atoms with van der Waals surface area (Å²) in [7, 11) is 0. The number of aryl methyl sites for hydroxylation is 1. The number of nitrogens with zero attached hydrogens (tertiary/aromatic N) is 1. The summed E-state index contributed by atoms with van der Waals surface area (Å²) in [6, 6.07) is 2.95. The van der Waals surface area contributed by atoms with E-state index in [1.165, 1.54) is 12.1 Å². The Kier molecular flexibility index (Phi) is 4.20. The average Bonchev–Trinajstić information content (AvgIpc) is 2.97. The molecule has 5 nitrogen and oxygen atoms in total. The summed E-state index contributed by atoms with van der Waals surface area (Å²) in [4.78, 5) is 11.8. The fraction of sp³-hybridized carbons (Fsp3) is 0.273. The number of hydrogen-bond acceptors (Lipinski definition) is 4. The number of aromatic nitrogens is 2. The molecule has 0 aliphatic carbocycles. The highest BCUT2D eigenvalue weighted by Gasteiger charge is 2.14. The van der Waals surface area contributed by atoms with Crippen molar-refractivity contribution in [2.45, 2.75) is 18.4 Å². The number of carbonyl (C=O) groups excluding carboxylic acids is 1. The molecule has 102 valence electrons. The van der Waals surface area contributed by atoms with Crippen LogP contribution < -0.4 is 5.32 Å². The van der Waals surface area contributed by atoms with E-state index in [2.05, 4.69) is 15.5 Å². The Morgan fingerprint density at radius 2 is 2.37 bits per heavy atom. The highest BCUT2D eigenvalue weighted by atomic mass is 32.2. The van der Waals surface area contributed by atoms with Gasteiger partial charge in [-0.25, -0.2) is 0 Å². The van der Waals surface area contributed by atoms with Crippen LogP contribution in [0.1, 0.15) is 21.9 Å². The maximum Gasteiger partial charge on any atom is 0.292 e. The molecule has 0 unspecified atom stereocenters. The summed E-state index contributed by atoms with van der Waals surface area (Å²) in [5, 5.41) is 8.97. The first-order valence-electron chi connectivity index (χ1n) is 5.36. The van der Waals surface area contributed by atoms with E-state index in [9.17, 15) is 13.6 Å². The molecule has 0 aromatic carbocycles. The first-order chi connectivity index (χ1) is 9.06. The van der Waals surface area contributed by atoms with Gasteiger partial charge in [-0.2, -0.15) is 13.9 Å². The van der Waals surface area contributed by atoms with Gasteiger partial charge in [-0.3, -0.25) is 9.89 Å². The Balaban J connectivity index is 1.98. The summed E-state index contributed by atoms with van der Waals surface area (Å²) in [5.41, 5.74) is 0.786. The number of rotatable bonds is 5. The Bertz CT molecular complexity index is 568. The predicted octanol–water partition coefficient (Wildman–Crippen LogP) is 3.02. The van der Waals surface area contributed by atoms with Gasteiger partial charge < -0.3 is 9.73 Å². The molecular formula is C11H11F2N3O2S. The number of halogens is 2. The smallest absolute Gasteiger partial charge is 0.292 e. The third kappa shape index (κ3) is 3.57. The largest absolute Gasteiger partial charge is 0.455 e. The number of nitrogens with one attached hydrogen (secondary N) is 2. The van der Waals surface area contributed by atoms with Crippen LogP contribution in [0.15, 0.2) is 22.7 Å². The molecule has 0 aliphatic rings. The van der Waals surface area contributed by atoms with Crippen LogP contribution in [0.5, 0.6) is 0 Å². The Hall–Kier alpha value is -1.83. The van der Waals surface area contributed by atoms with Crippen LogP contribution in [0.4, 0.5) is 14.6 Å². The lowest BCUT2D eigenvalue weighted by molar-refractivity contribution is 0.0995. The minimum Gasteiger partial charge on any atom is -0.455 e. The number of H-pyrrole nitrogens is 1. The van der Waals surface area contributed by atoms with E-state index in [1.807, 2.05) is 0 Å². The number of anilines is 1. The van der Waals surface area contributed by atoms with Crippen LogP contribution in [0, 0.1) is 6.92 Å². The minimum absolute atomic E-state index is 0.0219. The number of thioether (sulfide) groups is 1. The van der Waals surface area contributed by atoms with E-state index in [1.54, 1.807) is 13.1 Å². The van der Waals surface area contributed by atoms with E-state index < -0.39 is 11.7 Å². The van der Waals surface area contributed by atoms with Crippen LogP contribution >= 0.6 is 11.8 Å². The zero-order valence-corrected chi connectivity index (χ0v) is 10.8. The molecule has 0 spiro atoms. The third-order valence-corrected chi connectivity index (χ3v) is 3.01. The minimum atomic E-state index is -2.46. The molecule has 2 heterocycles. The number of amides is 1. The van der Waals surface area contributed by atoms with Crippen LogP contribution in [-0.2, 0) is 5.75 Å². The monoisotopic (exact) mass is 287 g/mol. The highest BCUT2D eigenvalue weighted by Crippen LogP contribution is 2.21. The lowest BCUT2D eigenvalue weighted by Gasteiger charge is -2.01. The molecular weight excluding hydrogens is 276 g/mol. The molecule has 1 amide bonds. The highest BCUT2D eigenvalue weighted by molar-refractivity contribution is 7.98. The zero-order chi connectivity index (χ0) is 13.8. The molecule has 19 heavy (non-hydrogen) atoms. The molecule has 0 bridgehead atoms. The fourth-order valence-electron chi connectivity index (χ4n) is 1.37. The molecule has 0 saturated heterocycles. The van der Waals surface area contributed by atoms with Crippen LogP contribution in [0.3, 0.4) is 0 Å². The quantitative estimate of drug-likeness (QED) is 0.886. The van der Waals surface area contributed by atoms with Crippen LogP contribution in [-0.4, -0.2) is 21.9 Å². The van der Waals surface area contributed by atoms with Gasteiger partial charge in [-0.15, -0.1) is 0 Å². The Labute approximate surface area is 111 Å². The van der Waals surface area contributed by atoms with Crippen LogP contribution in [0.2, 0.25) is 0 Å². The van der Waals surface area contributed by atoms with Gasteiger partial charge in [0.15, 0.2) is 5.76 Å². The van der Waals surface area contributed by atoms with Crippen molar-refractivity contribution in [3.05, 3.63) is 35.4 Å². The van der Waals surface area contributed by atoms with Crippen molar-refractivity contribution < 1.29 is 18.0 Å². The second kappa shape index (κ2) is 5.87. The van der Waals surface area contributed by atoms with E-state index >= 15 is 0 Å². The van der Waals surface area contributed by atoms with E-state index in [-0.39, 0.29) is 11.5 Å². The van der Waals surface area contributed by atoms with Crippen molar-refractivity contribution >= 4 is 23.5 Å². The average molecular weight is 287 g/mol. The molecule has 2 N–H and O–H groups in total. The van der Waals surface area contributed by atoms with E-state index in [0.29, 0.717) is 23.3 Å². The van der Waals surface area contributed by atoms with Gasteiger partial charge in [0.2, 0.25) is 0 Å². The number of aromatic amines is 1. The topological polar surface area (TPSA) is 70.9 Å². The third-order valence-electron chi connectivity index (χ3n) is 2.30. The first kappa shape index (κ1) is 13.6. The Morgan fingerprint density at radius 1 is 1.58 bits per heavy atom. The van der Waals surface area contributed by atoms with Crippen molar-refractivity contribution in [2.24, 2.45) is 0 Å². The normalized spacial score (nSPS) is 10.9. The second-order valence-corrected chi connectivity index (χ2v) is 4.70. The fourth-order valence-corrected chi connectivity index (χ4v) is 1.82. The van der Waals surface area contributed by atoms with Gasteiger partial charge >= 0.3 is 0 Å². The molecule has 0 radical (unpaired) electrons. The number of furan rings is 1. The first-order valence-corrected chi connectivity index (χ1v) is 6.41. The molecule has 0 aliphatic heterocycles. The summed E-state index contributed by atoms with van der Waals surface area (Å²) in [6.07, 6.45) is 1.57. The number of carbonyl (C=O) groups is 1. The molecule has 0 saturated carbocycles. The lowest BCUT2D eigenvalue weighted by atomic mass is 10.3. The van der Waals surface area contributed by atoms with Gasteiger partial charge in [0.1, 0.15) is 11.6 Å². The summed E-state index contributed by atoms with van der Waals surface area (Å²) < 4.78 is 29.2. The van der Waals surface area contributed by atoms with Gasteiger partial charge in [0.25, 0.3) is 11.7 Å². The van der Waals surface area contributed by atoms with E-state index in [0.717, 1.165) is 5.56 Å². The SMILES string of the molecule is Cc1cn[nH]c1NC(=O)c1ccc(CSC(F)F)o1. The predicted molar refractivity (Wildman–Crippen MR) is 67.3 cm³/mol. The van der Waals surface area contributed by atoms with Crippen molar-refractivity contribution in [3.63, 3.8) is 0 Å². The maximum atomic E-state index is 12.0. The molecule has 0 fully saturated rings.